The summed E-state index contributed by atoms with van der Waals surface area (Å²) in [6, 6.07) is 8.48. The first-order valence-corrected chi connectivity index (χ1v) is 15.6. The molecule has 1 heterocycles. The Bertz CT molecular complexity index is 1560. The standard InChI is InChI=1S/C29H29ClO2.C9H16N2.C2H6/c1-7-9-10-11-12-21-13-14-24-25(16-21)29(5,6)26-18-23(32-28(24)26)17-22(8-2)27(31)19(3)15-20(4)30;1-7(10)5-6-8(11)9(2,3)4;1-2/h7,9-18H,1,4,8H2,2-3,5-6H3;5-6,11H,1,10H2,2-4H3;1-2H3/b10-9-,12-11-,19-15+,22-17-;6-5-,11-8?;. The van der Waals surface area contributed by atoms with Gasteiger partial charge in [0.05, 0.1) is 0 Å². The summed E-state index contributed by atoms with van der Waals surface area (Å²) in [6.45, 7) is 28.9. The van der Waals surface area contributed by atoms with E-state index >= 15 is 0 Å². The molecule has 3 rings (SSSR count). The average Bonchev–Trinajstić information content (AvgIpc) is 3.49. The Morgan fingerprint density at radius 1 is 1.07 bits per heavy atom. The maximum Gasteiger partial charge on any atom is 0.184 e. The molecule has 0 saturated heterocycles. The van der Waals surface area contributed by atoms with Crippen molar-refractivity contribution in [3.8, 4) is 11.3 Å². The summed E-state index contributed by atoms with van der Waals surface area (Å²) in [6.07, 6.45) is 17.1. The molecule has 1 aromatic heterocycles. The minimum absolute atomic E-state index is 0.0487. The molecule has 0 spiro atoms. The van der Waals surface area contributed by atoms with Gasteiger partial charge in [-0.1, -0.05) is 135 Å². The highest BCUT2D eigenvalue weighted by Gasteiger charge is 2.38. The van der Waals surface area contributed by atoms with Crippen LogP contribution in [-0.2, 0) is 10.2 Å². The minimum atomic E-state index is -0.191. The topological polar surface area (TPSA) is 80.1 Å². The lowest BCUT2D eigenvalue weighted by atomic mass is 9.82. The molecule has 240 valence electrons. The molecule has 3 N–H and O–H groups in total. The Morgan fingerprint density at radius 3 is 2.24 bits per heavy atom. The number of nitrogens with one attached hydrogen (secondary N) is 1. The summed E-state index contributed by atoms with van der Waals surface area (Å²) in [5.41, 5.74) is 11.9. The third-order valence-electron chi connectivity index (χ3n) is 7.03. The number of nitrogens with two attached hydrogens (primary N) is 1. The Balaban J connectivity index is 0.000000660. The van der Waals surface area contributed by atoms with Crippen LogP contribution in [0, 0.1) is 10.8 Å². The molecular weight excluding hydrogens is 576 g/mol. The Hall–Kier alpha value is -4.15. The summed E-state index contributed by atoms with van der Waals surface area (Å²) < 4.78 is 6.25. The second-order valence-corrected chi connectivity index (χ2v) is 12.5. The fourth-order valence-electron chi connectivity index (χ4n) is 4.47. The maximum atomic E-state index is 12.8. The van der Waals surface area contributed by atoms with Crippen LogP contribution in [0.5, 0.6) is 0 Å². The van der Waals surface area contributed by atoms with Gasteiger partial charge in [-0.2, -0.15) is 0 Å². The Kier molecular flexibility index (Phi) is 15.0. The van der Waals surface area contributed by atoms with Crippen LogP contribution in [0.4, 0.5) is 0 Å². The third-order valence-corrected chi connectivity index (χ3v) is 7.13. The van der Waals surface area contributed by atoms with E-state index in [0.29, 0.717) is 39.8 Å². The summed E-state index contributed by atoms with van der Waals surface area (Å²) in [4.78, 5) is 12.8. The fraction of sp³-hybridized carbons (Fsp3) is 0.300. The molecule has 0 radical (unpaired) electrons. The molecule has 0 aliphatic heterocycles. The number of Topliss-reactive ketones (excluding diaryl/α,β-unsaturated/α-hetero) is 1. The molecule has 0 unspecified atom stereocenters. The molecule has 45 heavy (non-hydrogen) atoms. The van der Waals surface area contributed by atoms with E-state index in [1.54, 1.807) is 31.2 Å². The summed E-state index contributed by atoms with van der Waals surface area (Å²) in [7, 11) is 0. The second-order valence-electron chi connectivity index (χ2n) is 12.0. The molecule has 1 aliphatic rings. The minimum Gasteiger partial charge on any atom is -0.456 e. The number of fused-ring (bicyclic) bond motifs is 3. The van der Waals surface area contributed by atoms with Crippen LogP contribution < -0.4 is 5.73 Å². The number of allylic oxidation sites excluding steroid dienone is 10. The number of hydrogen-bond donors (Lipinski definition) is 2. The van der Waals surface area contributed by atoms with Gasteiger partial charge in [0, 0.05) is 44.0 Å². The molecule has 0 bridgehead atoms. The zero-order chi connectivity index (χ0) is 34.5. The Morgan fingerprint density at radius 2 is 1.71 bits per heavy atom. The number of halogens is 1. The van der Waals surface area contributed by atoms with E-state index in [4.69, 9.17) is 27.2 Å². The van der Waals surface area contributed by atoms with Gasteiger partial charge in [0.15, 0.2) is 5.78 Å². The van der Waals surface area contributed by atoms with Crippen molar-refractivity contribution in [1.29, 1.82) is 5.41 Å². The lowest BCUT2D eigenvalue weighted by Crippen LogP contribution is -2.16. The van der Waals surface area contributed by atoms with Crippen LogP contribution in [0.3, 0.4) is 0 Å². The van der Waals surface area contributed by atoms with Gasteiger partial charge in [0.25, 0.3) is 0 Å². The highest BCUT2D eigenvalue weighted by molar-refractivity contribution is 6.31. The summed E-state index contributed by atoms with van der Waals surface area (Å²) in [5, 5.41) is 7.89. The van der Waals surface area contributed by atoms with Gasteiger partial charge in [-0.25, -0.2) is 0 Å². The van der Waals surface area contributed by atoms with Crippen LogP contribution in [0.25, 0.3) is 23.5 Å². The number of ketones is 1. The highest BCUT2D eigenvalue weighted by atomic mass is 35.5. The number of carbonyl (C=O) groups excluding carboxylic acids is 1. The van der Waals surface area contributed by atoms with Crippen molar-refractivity contribution in [2.75, 3.05) is 0 Å². The molecule has 0 fully saturated rings. The number of furan rings is 1. The van der Waals surface area contributed by atoms with Gasteiger partial charge in [-0.3, -0.25) is 4.79 Å². The SMILES string of the molecule is C=C(N)/C=C\C(=N)C(C)(C)C.C=C/C=C\C=C/c1ccc2c(c1)C(C)(C)c1cc(/C=C(/CC)C(=O)/C(C)=C/C(=C)Cl)oc1-2.CC. The van der Waals surface area contributed by atoms with Crippen LogP contribution >= 0.6 is 11.6 Å². The monoisotopic (exact) mass is 626 g/mol. The van der Waals surface area contributed by atoms with E-state index in [1.807, 2.05) is 65.8 Å². The molecule has 1 aromatic carbocycles. The van der Waals surface area contributed by atoms with Crippen molar-refractivity contribution < 1.29 is 9.21 Å². The van der Waals surface area contributed by atoms with E-state index in [1.165, 1.54) is 5.56 Å². The second kappa shape index (κ2) is 17.4. The van der Waals surface area contributed by atoms with Crippen molar-refractivity contribution in [2.45, 2.75) is 74.1 Å². The van der Waals surface area contributed by atoms with E-state index in [2.05, 4.69) is 63.9 Å². The van der Waals surface area contributed by atoms with E-state index in [9.17, 15) is 4.79 Å². The van der Waals surface area contributed by atoms with Gasteiger partial charge >= 0.3 is 0 Å². The van der Waals surface area contributed by atoms with Gasteiger partial charge in [-0.15, -0.1) is 0 Å². The molecule has 2 aromatic rings. The van der Waals surface area contributed by atoms with Crippen molar-refractivity contribution in [3.63, 3.8) is 0 Å². The predicted octanol–water partition coefficient (Wildman–Crippen LogP) is 11.5. The van der Waals surface area contributed by atoms with E-state index in [0.717, 1.165) is 22.5 Å². The van der Waals surface area contributed by atoms with Gasteiger partial charge in [-0.05, 0) is 60.4 Å². The van der Waals surface area contributed by atoms with Crippen LogP contribution in [-0.4, -0.2) is 11.5 Å². The smallest absolute Gasteiger partial charge is 0.184 e. The lowest BCUT2D eigenvalue weighted by molar-refractivity contribution is -0.112. The number of rotatable bonds is 10. The fourth-order valence-corrected chi connectivity index (χ4v) is 4.64. The van der Waals surface area contributed by atoms with Crippen LogP contribution in [0.2, 0.25) is 0 Å². The molecule has 0 amide bonds. The molecule has 5 heteroatoms. The molecule has 0 atom stereocenters. The zero-order valence-electron chi connectivity index (χ0n) is 28.6. The van der Waals surface area contributed by atoms with Gasteiger partial charge < -0.3 is 15.6 Å². The van der Waals surface area contributed by atoms with E-state index in [-0.39, 0.29) is 16.6 Å². The van der Waals surface area contributed by atoms with Crippen molar-refractivity contribution in [2.24, 2.45) is 11.1 Å². The van der Waals surface area contributed by atoms with Crippen LogP contribution in [0.1, 0.15) is 91.2 Å². The summed E-state index contributed by atoms with van der Waals surface area (Å²) in [5.74, 6) is 1.52. The molecule has 0 saturated carbocycles. The predicted molar refractivity (Wildman–Crippen MR) is 198 cm³/mol. The first kappa shape index (κ1) is 38.9. The highest BCUT2D eigenvalue weighted by Crippen LogP contribution is 2.50. The third kappa shape index (κ3) is 11.1. The quantitative estimate of drug-likeness (QED) is 0.156. The normalized spacial score (nSPS) is 13.9. The van der Waals surface area contributed by atoms with E-state index < -0.39 is 0 Å². The van der Waals surface area contributed by atoms with Gasteiger partial charge in [0.1, 0.15) is 11.5 Å². The average molecular weight is 627 g/mol. The molecular formula is C40H51ClN2O2. The number of carbonyl (C=O) groups is 1. The number of hydrogen-bond acceptors (Lipinski definition) is 4. The van der Waals surface area contributed by atoms with Crippen molar-refractivity contribution in [1.82, 2.24) is 0 Å². The molecule has 4 nitrogen and oxygen atoms in total. The molecule has 1 aliphatic carbocycles. The lowest BCUT2D eigenvalue weighted by Gasteiger charge is -2.20. The van der Waals surface area contributed by atoms with Gasteiger partial charge in [0.2, 0.25) is 0 Å². The van der Waals surface area contributed by atoms with Crippen molar-refractivity contribution >= 4 is 35.2 Å². The largest absolute Gasteiger partial charge is 0.456 e. The first-order chi connectivity index (χ1) is 21.0. The maximum absolute atomic E-state index is 12.8. The summed E-state index contributed by atoms with van der Waals surface area (Å²) >= 11 is 5.84. The number of benzene rings is 1. The Labute approximate surface area is 276 Å². The first-order valence-electron chi connectivity index (χ1n) is 15.3. The zero-order valence-corrected chi connectivity index (χ0v) is 29.4. The van der Waals surface area contributed by atoms with Crippen LogP contribution in [0.15, 0.2) is 113 Å². The van der Waals surface area contributed by atoms with Crippen molar-refractivity contribution in [3.05, 3.63) is 131 Å².